The second-order valence-corrected chi connectivity index (χ2v) is 4.62. The Hall–Kier alpha value is -1.92. The van der Waals surface area contributed by atoms with Gasteiger partial charge in [0.15, 0.2) is 0 Å². The van der Waals surface area contributed by atoms with E-state index in [4.69, 9.17) is 10.8 Å². The third-order valence-corrected chi connectivity index (χ3v) is 3.62. The largest absolute Gasteiger partial charge is 0.343 e. The number of rotatable bonds is 1. The van der Waals surface area contributed by atoms with Crippen molar-refractivity contribution in [3.8, 4) is 0 Å². The van der Waals surface area contributed by atoms with Crippen LogP contribution in [0.15, 0.2) is 0 Å². The van der Waals surface area contributed by atoms with E-state index in [1.54, 1.807) is 16.8 Å². The number of amidine groups is 1. The summed E-state index contributed by atoms with van der Waals surface area (Å²) in [5.41, 5.74) is 0. The smallest absolute Gasteiger partial charge is 0.247 e. The molecule has 2 rings (SSSR count). The maximum Gasteiger partial charge on any atom is 0.247 e. The Kier molecular flexibility index (Phi) is 3.06. The van der Waals surface area contributed by atoms with Crippen molar-refractivity contribution < 1.29 is 9.59 Å². The summed E-state index contributed by atoms with van der Waals surface area (Å²) in [6.07, 6.45) is 1.10. The summed E-state index contributed by atoms with van der Waals surface area (Å²) in [5, 5.41) is 15.4. The average Bonchev–Trinajstić information content (AvgIpc) is 2.36. The van der Waals surface area contributed by atoms with E-state index < -0.39 is 12.1 Å². The minimum Gasteiger partial charge on any atom is -0.343 e. The van der Waals surface area contributed by atoms with Gasteiger partial charge in [0.1, 0.15) is 17.9 Å². The normalized spacial score (nSPS) is 28.2. The molecule has 0 radical (unpaired) electrons. The number of amides is 2. The fourth-order valence-electron chi connectivity index (χ4n) is 2.48. The molecule has 0 bridgehead atoms. The second-order valence-electron chi connectivity index (χ2n) is 4.62. The lowest BCUT2D eigenvalue weighted by Gasteiger charge is -2.48. The molecule has 7 nitrogen and oxygen atoms in total. The minimum absolute atomic E-state index is 0.0502. The first kappa shape index (κ1) is 12.5. The van der Waals surface area contributed by atoms with Gasteiger partial charge in [-0.2, -0.15) is 0 Å². The van der Waals surface area contributed by atoms with E-state index in [2.05, 4.69) is 0 Å². The Balaban J connectivity index is 2.24. The van der Waals surface area contributed by atoms with Gasteiger partial charge in [-0.1, -0.05) is 0 Å². The van der Waals surface area contributed by atoms with E-state index in [0.717, 1.165) is 6.21 Å². The fourth-order valence-corrected chi connectivity index (χ4v) is 2.48. The third kappa shape index (κ3) is 1.75. The summed E-state index contributed by atoms with van der Waals surface area (Å²) in [5.74, 6) is 0.0802. The van der Waals surface area contributed by atoms with Gasteiger partial charge in [0.05, 0.1) is 6.54 Å². The lowest BCUT2D eigenvalue weighted by atomic mass is 10.0. The van der Waals surface area contributed by atoms with Gasteiger partial charge in [-0.3, -0.25) is 15.0 Å². The summed E-state index contributed by atoms with van der Waals surface area (Å²) in [7, 11) is 1.59. The molecule has 2 aliphatic rings. The number of hydrogen-bond donors (Lipinski definition) is 2. The number of nitrogens with one attached hydrogen (secondary N) is 2. The summed E-state index contributed by atoms with van der Waals surface area (Å²) < 4.78 is 0. The highest BCUT2D eigenvalue weighted by atomic mass is 16.2. The zero-order chi connectivity index (χ0) is 13.4. The van der Waals surface area contributed by atoms with E-state index in [9.17, 15) is 9.59 Å². The summed E-state index contributed by atoms with van der Waals surface area (Å²) in [6.45, 7) is 2.81. The van der Waals surface area contributed by atoms with Crippen LogP contribution >= 0.6 is 0 Å². The number of carbonyl (C=O) groups is 2. The van der Waals surface area contributed by atoms with Crippen molar-refractivity contribution in [1.82, 2.24) is 14.7 Å². The molecule has 2 atom stereocenters. The number of likely N-dealkylation sites (N-methyl/N-ethyl adjacent to an activating group) is 1. The summed E-state index contributed by atoms with van der Waals surface area (Å²) >= 11 is 0. The highest BCUT2D eigenvalue weighted by Gasteiger charge is 2.44. The number of fused-ring (bicyclic) bond motifs is 1. The fraction of sp³-hybridized carbons (Fsp3) is 0.636. The first-order chi connectivity index (χ1) is 8.47. The van der Waals surface area contributed by atoms with Crippen molar-refractivity contribution in [3.63, 3.8) is 0 Å². The Morgan fingerprint density at radius 2 is 2.11 bits per heavy atom. The lowest BCUT2D eigenvalue weighted by molar-refractivity contribution is -0.142. The Labute approximate surface area is 105 Å². The summed E-state index contributed by atoms with van der Waals surface area (Å²) in [4.78, 5) is 28.3. The number of piperazine rings is 2. The monoisotopic (exact) mass is 251 g/mol. The van der Waals surface area contributed by atoms with Gasteiger partial charge >= 0.3 is 0 Å². The SMILES string of the molecule is CC(=O)N1CCN2C(=N)C(C=N)N(C)C(=O)C2C1. The maximum absolute atomic E-state index is 12.2. The molecule has 2 saturated heterocycles. The molecule has 2 heterocycles. The van der Waals surface area contributed by atoms with Crippen molar-refractivity contribution in [3.05, 3.63) is 0 Å². The van der Waals surface area contributed by atoms with Crippen LogP contribution in [0.4, 0.5) is 0 Å². The van der Waals surface area contributed by atoms with Crippen LogP contribution in [0.1, 0.15) is 6.92 Å². The van der Waals surface area contributed by atoms with Crippen LogP contribution in [-0.2, 0) is 9.59 Å². The lowest BCUT2D eigenvalue weighted by Crippen LogP contribution is -2.69. The van der Waals surface area contributed by atoms with Gasteiger partial charge in [-0.15, -0.1) is 0 Å². The predicted molar refractivity (Wildman–Crippen MR) is 65.8 cm³/mol. The standard InChI is InChI=1S/C11H17N5O2/c1-7(17)15-3-4-16-9(6-15)11(18)14(2)8(5-12)10(16)13/h5,8-9,12-13H,3-4,6H2,1-2H3. The Morgan fingerprint density at radius 1 is 1.44 bits per heavy atom. The van der Waals surface area contributed by atoms with Crippen LogP contribution in [-0.4, -0.2) is 77.3 Å². The van der Waals surface area contributed by atoms with Crippen molar-refractivity contribution in [2.75, 3.05) is 26.7 Å². The van der Waals surface area contributed by atoms with E-state index in [-0.39, 0.29) is 17.6 Å². The third-order valence-electron chi connectivity index (χ3n) is 3.62. The molecule has 2 fully saturated rings. The number of hydrogen-bond acceptors (Lipinski definition) is 4. The van der Waals surface area contributed by atoms with Gasteiger partial charge < -0.3 is 20.1 Å². The highest BCUT2D eigenvalue weighted by molar-refractivity contribution is 6.07. The second kappa shape index (κ2) is 4.40. The van der Waals surface area contributed by atoms with Crippen molar-refractivity contribution in [1.29, 1.82) is 10.8 Å². The average molecular weight is 251 g/mol. The first-order valence-electron chi connectivity index (χ1n) is 5.85. The zero-order valence-electron chi connectivity index (χ0n) is 10.5. The Morgan fingerprint density at radius 3 is 2.67 bits per heavy atom. The zero-order valence-corrected chi connectivity index (χ0v) is 10.5. The number of carbonyl (C=O) groups excluding carboxylic acids is 2. The molecule has 2 unspecified atom stereocenters. The molecule has 2 N–H and O–H groups in total. The molecule has 2 amide bonds. The van der Waals surface area contributed by atoms with Crippen LogP contribution in [0.2, 0.25) is 0 Å². The van der Waals surface area contributed by atoms with E-state index in [1.807, 2.05) is 0 Å². The van der Waals surface area contributed by atoms with Gasteiger partial charge in [-0.05, 0) is 0 Å². The van der Waals surface area contributed by atoms with Crippen molar-refractivity contribution in [2.24, 2.45) is 0 Å². The minimum atomic E-state index is -0.586. The van der Waals surface area contributed by atoms with Crippen molar-refractivity contribution >= 4 is 23.9 Å². The maximum atomic E-state index is 12.2. The molecule has 98 valence electrons. The molecule has 0 saturated carbocycles. The topological polar surface area (TPSA) is 91.6 Å². The van der Waals surface area contributed by atoms with E-state index in [1.165, 1.54) is 11.8 Å². The molecule has 0 aromatic carbocycles. The molecule has 7 heteroatoms. The molecular formula is C11H17N5O2. The predicted octanol–water partition coefficient (Wildman–Crippen LogP) is -1.01. The van der Waals surface area contributed by atoms with E-state index >= 15 is 0 Å². The van der Waals surface area contributed by atoms with Gasteiger partial charge in [0, 0.05) is 33.3 Å². The van der Waals surface area contributed by atoms with Gasteiger partial charge in [0.2, 0.25) is 11.8 Å². The molecule has 0 aromatic heterocycles. The quantitative estimate of drug-likeness (QED) is 0.585. The molecule has 0 aromatic rings. The highest BCUT2D eigenvalue weighted by Crippen LogP contribution is 2.20. The molecule has 0 spiro atoms. The van der Waals surface area contributed by atoms with Crippen molar-refractivity contribution in [2.45, 2.75) is 19.0 Å². The number of nitrogens with zero attached hydrogens (tertiary/aromatic N) is 3. The van der Waals surface area contributed by atoms with Crippen LogP contribution in [0.5, 0.6) is 0 Å². The molecule has 0 aliphatic carbocycles. The molecule has 2 aliphatic heterocycles. The molecule has 18 heavy (non-hydrogen) atoms. The molecular weight excluding hydrogens is 234 g/mol. The summed E-state index contributed by atoms with van der Waals surface area (Å²) in [6, 6.07) is -1.06. The van der Waals surface area contributed by atoms with Crippen LogP contribution in [0, 0.1) is 10.8 Å². The van der Waals surface area contributed by atoms with Crippen LogP contribution in [0.3, 0.4) is 0 Å². The Bertz CT molecular complexity index is 422. The van der Waals surface area contributed by atoms with E-state index in [0.29, 0.717) is 19.6 Å². The van der Waals surface area contributed by atoms with Crippen LogP contribution in [0.25, 0.3) is 0 Å². The first-order valence-corrected chi connectivity index (χ1v) is 5.85. The van der Waals surface area contributed by atoms with Gasteiger partial charge in [0.25, 0.3) is 0 Å². The van der Waals surface area contributed by atoms with Gasteiger partial charge in [-0.25, -0.2) is 0 Å². The van der Waals surface area contributed by atoms with Crippen LogP contribution < -0.4 is 0 Å².